The van der Waals surface area contributed by atoms with Crippen LogP contribution in [0.25, 0.3) is 0 Å². The van der Waals surface area contributed by atoms with E-state index < -0.39 is 5.60 Å². The lowest BCUT2D eigenvalue weighted by molar-refractivity contribution is -0.153. The van der Waals surface area contributed by atoms with Crippen LogP contribution in [0.4, 0.5) is 0 Å². The predicted octanol–water partition coefficient (Wildman–Crippen LogP) is 4.28. The molecule has 2 rings (SSSR count). The monoisotopic (exact) mass is 306 g/mol. The number of carbonyl (C=O) groups is 1. The zero-order chi connectivity index (χ0) is 16.8. The minimum absolute atomic E-state index is 0.0125. The van der Waals surface area contributed by atoms with Crippen LogP contribution in [-0.2, 0) is 26.1 Å². The van der Waals surface area contributed by atoms with Crippen molar-refractivity contribution in [1.82, 2.24) is 0 Å². The number of esters is 1. The smallest absolute Gasteiger partial charge is 0.310 e. The Bertz CT molecular complexity index is 480. The second-order valence-electron chi connectivity index (χ2n) is 6.78. The van der Waals surface area contributed by atoms with Crippen molar-refractivity contribution in [3.05, 3.63) is 35.4 Å². The van der Waals surface area contributed by atoms with E-state index in [4.69, 9.17) is 9.47 Å². The van der Waals surface area contributed by atoms with Crippen molar-refractivity contribution < 1.29 is 14.3 Å². The number of benzene rings is 1. The van der Waals surface area contributed by atoms with Gasteiger partial charge in [-0.05, 0) is 38.3 Å². The molecule has 22 heavy (non-hydrogen) atoms. The Morgan fingerprint density at radius 2 is 1.91 bits per heavy atom. The Hall–Kier alpha value is -1.35. The van der Waals surface area contributed by atoms with E-state index in [1.54, 1.807) is 0 Å². The third-order valence-corrected chi connectivity index (χ3v) is 3.64. The maximum absolute atomic E-state index is 12.0. The van der Waals surface area contributed by atoms with Gasteiger partial charge >= 0.3 is 5.97 Å². The van der Waals surface area contributed by atoms with Gasteiger partial charge in [0.1, 0.15) is 5.60 Å². The van der Waals surface area contributed by atoms with Crippen LogP contribution in [0.3, 0.4) is 0 Å². The molecule has 0 amide bonds. The molecule has 0 aliphatic carbocycles. The normalized spacial score (nSPS) is 21.0. The van der Waals surface area contributed by atoms with Gasteiger partial charge in [0, 0.05) is 12.0 Å². The summed E-state index contributed by atoms with van der Waals surface area (Å²) in [6.45, 7) is 13.4. The lowest BCUT2D eigenvalue weighted by Crippen LogP contribution is -2.27. The zero-order valence-corrected chi connectivity index (χ0v) is 14.9. The molecule has 1 saturated heterocycles. The molecule has 0 aromatic heterocycles. The highest BCUT2D eigenvalue weighted by Crippen LogP contribution is 2.35. The largest absolute Gasteiger partial charge is 0.460 e. The average Bonchev–Trinajstić information content (AvgIpc) is 2.87. The summed E-state index contributed by atoms with van der Waals surface area (Å²) >= 11 is 0. The van der Waals surface area contributed by atoms with Gasteiger partial charge in [-0.25, -0.2) is 0 Å². The first-order chi connectivity index (χ1) is 10.3. The molecule has 0 saturated carbocycles. The van der Waals surface area contributed by atoms with Crippen molar-refractivity contribution in [3.8, 4) is 0 Å². The zero-order valence-electron chi connectivity index (χ0n) is 14.9. The highest BCUT2D eigenvalue weighted by molar-refractivity contribution is 5.73. The van der Waals surface area contributed by atoms with Crippen LogP contribution >= 0.6 is 0 Å². The summed E-state index contributed by atoms with van der Waals surface area (Å²) in [5.74, 6) is -0.174. The Morgan fingerprint density at radius 3 is 2.45 bits per heavy atom. The van der Waals surface area contributed by atoms with Gasteiger partial charge in [0.05, 0.1) is 13.0 Å². The fourth-order valence-corrected chi connectivity index (χ4v) is 2.68. The maximum atomic E-state index is 12.0. The molecule has 3 nitrogen and oxygen atoms in total. The molecule has 1 heterocycles. The topological polar surface area (TPSA) is 35.5 Å². The Balaban J connectivity index is 0.00000116. The van der Waals surface area contributed by atoms with E-state index in [2.05, 4.69) is 13.0 Å². The summed E-state index contributed by atoms with van der Waals surface area (Å²) in [5, 5.41) is 0. The van der Waals surface area contributed by atoms with Crippen LogP contribution < -0.4 is 0 Å². The third-order valence-electron chi connectivity index (χ3n) is 3.64. The second-order valence-corrected chi connectivity index (χ2v) is 6.78. The number of hydrogen-bond donors (Lipinski definition) is 0. The molecular formula is C19H30O3. The SMILES string of the molecule is CC.CC(C)(C)OC(=O)Cc1ccccc1C1(C)CCOC1. The van der Waals surface area contributed by atoms with Gasteiger partial charge in [0.15, 0.2) is 0 Å². The van der Waals surface area contributed by atoms with E-state index in [9.17, 15) is 4.79 Å². The van der Waals surface area contributed by atoms with Crippen molar-refractivity contribution in [2.75, 3.05) is 13.2 Å². The Morgan fingerprint density at radius 1 is 1.27 bits per heavy atom. The summed E-state index contributed by atoms with van der Waals surface area (Å²) < 4.78 is 11.0. The summed E-state index contributed by atoms with van der Waals surface area (Å²) in [5.41, 5.74) is 1.84. The van der Waals surface area contributed by atoms with Crippen LogP contribution in [0.15, 0.2) is 24.3 Å². The van der Waals surface area contributed by atoms with Gasteiger partial charge in [0.2, 0.25) is 0 Å². The Kier molecular flexibility index (Phi) is 6.61. The predicted molar refractivity (Wildman–Crippen MR) is 90.1 cm³/mol. The molecule has 0 radical (unpaired) electrons. The standard InChI is InChI=1S/C17H24O3.C2H6/c1-16(2,3)20-15(18)11-13-7-5-6-8-14(13)17(4)9-10-19-12-17;1-2/h5-8H,9-12H2,1-4H3;1-2H3. The van der Waals surface area contributed by atoms with E-state index in [1.807, 2.05) is 52.8 Å². The molecule has 1 aromatic carbocycles. The lowest BCUT2D eigenvalue weighted by Gasteiger charge is -2.26. The van der Waals surface area contributed by atoms with Crippen molar-refractivity contribution in [3.63, 3.8) is 0 Å². The summed E-state index contributed by atoms with van der Waals surface area (Å²) in [6.07, 6.45) is 1.32. The van der Waals surface area contributed by atoms with Crippen LogP contribution in [0.5, 0.6) is 0 Å². The van der Waals surface area contributed by atoms with E-state index >= 15 is 0 Å². The summed E-state index contributed by atoms with van der Waals surface area (Å²) in [6, 6.07) is 8.12. The van der Waals surface area contributed by atoms with Crippen LogP contribution in [0.1, 0.15) is 59.1 Å². The minimum Gasteiger partial charge on any atom is -0.460 e. The molecule has 1 fully saturated rings. The number of rotatable bonds is 3. The van der Waals surface area contributed by atoms with Gasteiger partial charge in [0.25, 0.3) is 0 Å². The molecule has 1 unspecified atom stereocenters. The summed E-state index contributed by atoms with van der Waals surface area (Å²) in [4.78, 5) is 12.0. The maximum Gasteiger partial charge on any atom is 0.310 e. The van der Waals surface area contributed by atoms with Gasteiger partial charge in [-0.2, -0.15) is 0 Å². The first-order valence-electron chi connectivity index (χ1n) is 8.18. The van der Waals surface area contributed by atoms with Crippen LogP contribution in [0.2, 0.25) is 0 Å². The van der Waals surface area contributed by atoms with E-state index in [-0.39, 0.29) is 11.4 Å². The number of carbonyl (C=O) groups excluding carboxylic acids is 1. The lowest BCUT2D eigenvalue weighted by atomic mass is 9.79. The summed E-state index contributed by atoms with van der Waals surface area (Å²) in [7, 11) is 0. The first-order valence-corrected chi connectivity index (χ1v) is 8.18. The number of ether oxygens (including phenoxy) is 2. The van der Waals surface area contributed by atoms with Crippen molar-refractivity contribution >= 4 is 5.97 Å². The fourth-order valence-electron chi connectivity index (χ4n) is 2.68. The van der Waals surface area contributed by atoms with Crippen molar-refractivity contribution in [2.45, 2.75) is 65.4 Å². The quantitative estimate of drug-likeness (QED) is 0.782. The molecule has 0 spiro atoms. The highest BCUT2D eigenvalue weighted by atomic mass is 16.6. The van der Waals surface area contributed by atoms with Gasteiger partial charge in [-0.3, -0.25) is 4.79 Å². The van der Waals surface area contributed by atoms with Crippen molar-refractivity contribution in [2.24, 2.45) is 0 Å². The highest BCUT2D eigenvalue weighted by Gasteiger charge is 2.33. The minimum atomic E-state index is -0.438. The van der Waals surface area contributed by atoms with Crippen LogP contribution in [-0.4, -0.2) is 24.8 Å². The Labute approximate surface area is 135 Å². The molecule has 0 bridgehead atoms. The average molecular weight is 306 g/mol. The molecular weight excluding hydrogens is 276 g/mol. The van der Waals surface area contributed by atoms with Gasteiger partial charge in [-0.1, -0.05) is 45.0 Å². The second kappa shape index (κ2) is 7.77. The first kappa shape index (κ1) is 18.7. The van der Waals surface area contributed by atoms with Crippen molar-refractivity contribution in [1.29, 1.82) is 0 Å². The third kappa shape index (κ3) is 5.13. The molecule has 124 valence electrons. The molecule has 0 N–H and O–H groups in total. The fraction of sp³-hybridized carbons (Fsp3) is 0.632. The van der Waals surface area contributed by atoms with E-state index in [0.717, 1.165) is 25.2 Å². The molecule has 1 aliphatic rings. The molecule has 1 atom stereocenters. The van der Waals surface area contributed by atoms with E-state index in [0.29, 0.717) is 6.42 Å². The van der Waals surface area contributed by atoms with Gasteiger partial charge < -0.3 is 9.47 Å². The molecule has 1 aromatic rings. The molecule has 3 heteroatoms. The van der Waals surface area contributed by atoms with Crippen LogP contribution in [0, 0.1) is 0 Å². The van der Waals surface area contributed by atoms with Gasteiger partial charge in [-0.15, -0.1) is 0 Å². The van der Waals surface area contributed by atoms with E-state index in [1.165, 1.54) is 5.56 Å². The number of hydrogen-bond acceptors (Lipinski definition) is 3. The molecule has 1 aliphatic heterocycles.